The number of hydrogen-bond donors (Lipinski definition) is 2. The normalized spacial score (nSPS) is 11.4. The third-order valence-corrected chi connectivity index (χ3v) is 2.81. The molecule has 0 spiro atoms. The van der Waals surface area contributed by atoms with Gasteiger partial charge < -0.3 is 20.1 Å². The first-order valence-corrected chi connectivity index (χ1v) is 7.50. The molecule has 122 valence electrons. The number of para-hydroxylation sites is 1. The SMILES string of the molecule is CCCCNC(=O)O[C@@H](C)CNC(=O)COc1ccccc1. The highest BCUT2D eigenvalue weighted by Gasteiger charge is 2.10. The molecular formula is C16H24N2O4. The van der Waals surface area contributed by atoms with Gasteiger partial charge in [0.15, 0.2) is 6.61 Å². The van der Waals surface area contributed by atoms with E-state index in [1.165, 1.54) is 0 Å². The van der Waals surface area contributed by atoms with Gasteiger partial charge in [-0.3, -0.25) is 4.79 Å². The number of nitrogens with one attached hydrogen (secondary N) is 2. The molecule has 1 atom stereocenters. The zero-order chi connectivity index (χ0) is 16.2. The summed E-state index contributed by atoms with van der Waals surface area (Å²) in [4.78, 5) is 23.0. The van der Waals surface area contributed by atoms with Gasteiger partial charge in [-0.15, -0.1) is 0 Å². The van der Waals surface area contributed by atoms with Crippen LogP contribution in [0.3, 0.4) is 0 Å². The van der Waals surface area contributed by atoms with Crippen molar-refractivity contribution in [2.75, 3.05) is 19.7 Å². The average molecular weight is 308 g/mol. The van der Waals surface area contributed by atoms with Crippen molar-refractivity contribution >= 4 is 12.0 Å². The molecule has 1 aromatic rings. The fourth-order valence-electron chi connectivity index (χ4n) is 1.61. The Labute approximate surface area is 131 Å². The summed E-state index contributed by atoms with van der Waals surface area (Å²) in [5.74, 6) is 0.378. The molecule has 1 aromatic carbocycles. The topological polar surface area (TPSA) is 76.7 Å². The molecule has 22 heavy (non-hydrogen) atoms. The summed E-state index contributed by atoms with van der Waals surface area (Å²) in [7, 11) is 0. The fourth-order valence-corrected chi connectivity index (χ4v) is 1.61. The van der Waals surface area contributed by atoms with E-state index < -0.39 is 12.2 Å². The summed E-state index contributed by atoms with van der Waals surface area (Å²) in [6, 6.07) is 9.09. The Hall–Kier alpha value is -2.24. The molecule has 6 heteroatoms. The monoisotopic (exact) mass is 308 g/mol. The Balaban J connectivity index is 2.13. The van der Waals surface area contributed by atoms with E-state index in [4.69, 9.17) is 9.47 Å². The summed E-state index contributed by atoms with van der Waals surface area (Å²) in [6.45, 7) is 4.54. The zero-order valence-electron chi connectivity index (χ0n) is 13.1. The van der Waals surface area contributed by atoms with Crippen LogP contribution in [0.25, 0.3) is 0 Å². The van der Waals surface area contributed by atoms with Gasteiger partial charge in [-0.2, -0.15) is 0 Å². The first kappa shape index (κ1) is 17.8. The highest BCUT2D eigenvalue weighted by atomic mass is 16.6. The highest BCUT2D eigenvalue weighted by Crippen LogP contribution is 2.07. The maximum absolute atomic E-state index is 11.6. The van der Waals surface area contributed by atoms with Crippen molar-refractivity contribution in [2.45, 2.75) is 32.8 Å². The van der Waals surface area contributed by atoms with Crippen LogP contribution in [0.2, 0.25) is 0 Å². The number of amides is 2. The summed E-state index contributed by atoms with van der Waals surface area (Å²) >= 11 is 0. The molecule has 0 unspecified atom stereocenters. The Bertz CT molecular complexity index is 451. The van der Waals surface area contributed by atoms with Crippen LogP contribution in [0.5, 0.6) is 5.75 Å². The maximum Gasteiger partial charge on any atom is 0.407 e. The maximum atomic E-state index is 11.6. The minimum atomic E-state index is -0.462. The van der Waals surface area contributed by atoms with Gasteiger partial charge in [-0.05, 0) is 25.5 Å². The molecule has 0 heterocycles. The lowest BCUT2D eigenvalue weighted by molar-refractivity contribution is -0.123. The summed E-state index contributed by atoms with van der Waals surface area (Å²) in [5.41, 5.74) is 0. The van der Waals surface area contributed by atoms with Gasteiger partial charge in [-0.25, -0.2) is 4.79 Å². The van der Waals surface area contributed by atoms with Crippen molar-refractivity contribution in [3.8, 4) is 5.75 Å². The van der Waals surface area contributed by atoms with Gasteiger partial charge in [0.2, 0.25) is 0 Å². The number of benzene rings is 1. The predicted molar refractivity (Wildman–Crippen MR) is 83.8 cm³/mol. The van der Waals surface area contributed by atoms with Crippen LogP contribution in [0, 0.1) is 0 Å². The van der Waals surface area contributed by atoms with Crippen LogP contribution in [-0.4, -0.2) is 37.8 Å². The van der Waals surface area contributed by atoms with Gasteiger partial charge in [-0.1, -0.05) is 31.5 Å². The van der Waals surface area contributed by atoms with E-state index >= 15 is 0 Å². The van der Waals surface area contributed by atoms with Crippen molar-refractivity contribution < 1.29 is 19.1 Å². The Morgan fingerprint density at radius 2 is 1.91 bits per heavy atom. The molecule has 0 saturated carbocycles. The lowest BCUT2D eigenvalue weighted by Gasteiger charge is -2.14. The van der Waals surface area contributed by atoms with Crippen molar-refractivity contribution in [1.82, 2.24) is 10.6 Å². The summed E-state index contributed by atoms with van der Waals surface area (Å²) in [6.07, 6.45) is 1.06. The zero-order valence-corrected chi connectivity index (χ0v) is 13.1. The lowest BCUT2D eigenvalue weighted by atomic mass is 10.3. The van der Waals surface area contributed by atoms with Crippen LogP contribution in [0.15, 0.2) is 30.3 Å². The second-order valence-corrected chi connectivity index (χ2v) is 4.90. The largest absolute Gasteiger partial charge is 0.484 e. The smallest absolute Gasteiger partial charge is 0.407 e. The predicted octanol–water partition coefficient (Wildman–Crippen LogP) is 2.10. The molecule has 0 bridgehead atoms. The van der Waals surface area contributed by atoms with Crippen molar-refractivity contribution in [2.24, 2.45) is 0 Å². The van der Waals surface area contributed by atoms with Crippen LogP contribution in [0.4, 0.5) is 4.79 Å². The molecule has 0 aliphatic carbocycles. The first-order chi connectivity index (χ1) is 10.6. The van der Waals surface area contributed by atoms with E-state index in [-0.39, 0.29) is 19.1 Å². The number of rotatable bonds is 9. The second kappa shape index (κ2) is 10.5. The number of carbonyl (C=O) groups is 2. The number of carbonyl (C=O) groups excluding carboxylic acids is 2. The van der Waals surface area contributed by atoms with Gasteiger partial charge in [0.05, 0.1) is 6.54 Å². The molecule has 2 N–H and O–H groups in total. The molecule has 0 aliphatic heterocycles. The minimum Gasteiger partial charge on any atom is -0.484 e. The summed E-state index contributed by atoms with van der Waals surface area (Å²) < 4.78 is 10.4. The Morgan fingerprint density at radius 3 is 2.59 bits per heavy atom. The van der Waals surface area contributed by atoms with Gasteiger partial charge >= 0.3 is 6.09 Å². The molecule has 0 radical (unpaired) electrons. The lowest BCUT2D eigenvalue weighted by Crippen LogP contribution is -2.38. The molecular weight excluding hydrogens is 284 g/mol. The number of alkyl carbamates (subject to hydrolysis) is 1. The first-order valence-electron chi connectivity index (χ1n) is 7.50. The van der Waals surface area contributed by atoms with E-state index in [1.807, 2.05) is 25.1 Å². The van der Waals surface area contributed by atoms with Gasteiger partial charge in [0.1, 0.15) is 11.9 Å². The molecule has 6 nitrogen and oxygen atoms in total. The van der Waals surface area contributed by atoms with E-state index in [9.17, 15) is 9.59 Å². The standard InChI is InChI=1S/C16H24N2O4/c1-3-4-10-17-16(20)22-13(2)11-18-15(19)12-21-14-8-6-5-7-9-14/h5-9,13H,3-4,10-12H2,1-2H3,(H,17,20)(H,18,19)/t13-/m0/s1. The fraction of sp³-hybridized carbons (Fsp3) is 0.500. The van der Waals surface area contributed by atoms with E-state index in [0.29, 0.717) is 12.3 Å². The minimum absolute atomic E-state index is 0.0700. The van der Waals surface area contributed by atoms with Crippen LogP contribution in [-0.2, 0) is 9.53 Å². The Morgan fingerprint density at radius 1 is 1.18 bits per heavy atom. The molecule has 0 fully saturated rings. The van der Waals surface area contributed by atoms with Crippen molar-refractivity contribution in [3.63, 3.8) is 0 Å². The molecule has 0 saturated heterocycles. The number of hydrogen-bond acceptors (Lipinski definition) is 4. The van der Waals surface area contributed by atoms with E-state index in [1.54, 1.807) is 19.1 Å². The van der Waals surface area contributed by atoms with Gasteiger partial charge in [0, 0.05) is 6.54 Å². The van der Waals surface area contributed by atoms with Crippen molar-refractivity contribution in [1.29, 1.82) is 0 Å². The third kappa shape index (κ3) is 8.14. The van der Waals surface area contributed by atoms with E-state index in [2.05, 4.69) is 10.6 Å². The second-order valence-electron chi connectivity index (χ2n) is 4.90. The Kier molecular flexibility index (Phi) is 8.49. The average Bonchev–Trinajstić information content (AvgIpc) is 2.52. The molecule has 2 amide bonds. The molecule has 1 rings (SSSR count). The summed E-state index contributed by atoms with van der Waals surface area (Å²) in [5, 5.41) is 5.31. The quantitative estimate of drug-likeness (QED) is 0.685. The highest BCUT2D eigenvalue weighted by molar-refractivity contribution is 5.77. The number of unbranched alkanes of at least 4 members (excludes halogenated alkanes) is 1. The van der Waals surface area contributed by atoms with Crippen LogP contribution < -0.4 is 15.4 Å². The van der Waals surface area contributed by atoms with E-state index in [0.717, 1.165) is 12.8 Å². The molecule has 0 aliphatic rings. The van der Waals surface area contributed by atoms with Crippen LogP contribution in [0.1, 0.15) is 26.7 Å². The van der Waals surface area contributed by atoms with Crippen LogP contribution >= 0.6 is 0 Å². The number of ether oxygens (including phenoxy) is 2. The molecule has 0 aromatic heterocycles. The van der Waals surface area contributed by atoms with Gasteiger partial charge in [0.25, 0.3) is 5.91 Å². The third-order valence-electron chi connectivity index (χ3n) is 2.81. The van der Waals surface area contributed by atoms with Crippen molar-refractivity contribution in [3.05, 3.63) is 30.3 Å².